The van der Waals surface area contributed by atoms with Crippen molar-refractivity contribution in [2.45, 2.75) is 19.3 Å². The van der Waals surface area contributed by atoms with Gasteiger partial charge in [0.15, 0.2) is 0 Å². The molecule has 0 fully saturated rings. The first-order valence-electron chi connectivity index (χ1n) is 6.27. The van der Waals surface area contributed by atoms with Crippen LogP contribution in [0.5, 0.6) is 0 Å². The fourth-order valence-corrected chi connectivity index (χ4v) is 2.89. The molecule has 0 aliphatic rings. The van der Waals surface area contributed by atoms with Gasteiger partial charge in [0.05, 0.1) is 18.0 Å². The molecule has 0 aromatic heterocycles. The van der Waals surface area contributed by atoms with Crippen molar-refractivity contribution >= 4 is 15.7 Å². The summed E-state index contributed by atoms with van der Waals surface area (Å²) in [7, 11) is -1.74. The maximum absolute atomic E-state index is 11.9. The van der Waals surface area contributed by atoms with E-state index >= 15 is 0 Å². The average molecular weight is 287 g/mol. The number of hydrogen-bond donors (Lipinski definition) is 2. The lowest BCUT2D eigenvalue weighted by molar-refractivity contribution is 0.202. The Bertz CT molecular complexity index is 473. The van der Waals surface area contributed by atoms with E-state index in [0.717, 1.165) is 5.56 Å². The monoisotopic (exact) mass is 287 g/mol. The smallest absolute Gasteiger partial charge is 0.232 e. The molecular weight excluding hydrogens is 266 g/mol. The number of nitrogens with one attached hydrogen (secondary N) is 1. The first kappa shape index (κ1) is 15.9. The van der Waals surface area contributed by atoms with E-state index in [1.807, 2.05) is 12.1 Å². The van der Waals surface area contributed by atoms with Crippen LogP contribution in [-0.2, 0) is 21.2 Å². The van der Waals surface area contributed by atoms with E-state index < -0.39 is 10.0 Å². The van der Waals surface area contributed by atoms with E-state index in [2.05, 4.69) is 4.72 Å². The minimum absolute atomic E-state index is 0.0138. The van der Waals surface area contributed by atoms with Crippen LogP contribution >= 0.6 is 0 Å². The van der Waals surface area contributed by atoms with Gasteiger partial charge in [-0.25, -0.2) is 8.42 Å². The standard InChI is InChI=1S/C13H21NO4S/c1-18-10-8-12-6-2-3-7-13(12)14-19(16,17)11-5-4-9-15/h2-3,6-7,14-15H,4-5,8-11H2,1H3. The number of aliphatic hydroxyl groups excluding tert-OH is 1. The fourth-order valence-electron chi connectivity index (χ4n) is 1.67. The highest BCUT2D eigenvalue weighted by molar-refractivity contribution is 7.92. The molecule has 5 nitrogen and oxygen atoms in total. The molecule has 0 aliphatic carbocycles. The van der Waals surface area contributed by atoms with Crippen LogP contribution in [-0.4, -0.2) is 39.6 Å². The Kier molecular flexibility index (Phi) is 6.83. The van der Waals surface area contributed by atoms with Gasteiger partial charge in [-0.05, 0) is 30.9 Å². The summed E-state index contributed by atoms with van der Waals surface area (Å²) in [5.41, 5.74) is 1.51. The van der Waals surface area contributed by atoms with Crippen molar-refractivity contribution in [3.8, 4) is 0 Å². The quantitative estimate of drug-likeness (QED) is 0.673. The van der Waals surface area contributed by atoms with E-state index in [-0.39, 0.29) is 12.4 Å². The van der Waals surface area contributed by atoms with Crippen LogP contribution in [0.25, 0.3) is 0 Å². The van der Waals surface area contributed by atoms with Gasteiger partial charge in [-0.2, -0.15) is 0 Å². The number of benzene rings is 1. The van der Waals surface area contributed by atoms with E-state index in [4.69, 9.17) is 9.84 Å². The Morgan fingerprint density at radius 1 is 1.26 bits per heavy atom. The Morgan fingerprint density at radius 3 is 2.68 bits per heavy atom. The molecule has 6 heteroatoms. The molecule has 0 atom stereocenters. The molecule has 0 unspecified atom stereocenters. The number of para-hydroxylation sites is 1. The van der Waals surface area contributed by atoms with Crippen molar-refractivity contribution in [2.75, 3.05) is 30.8 Å². The van der Waals surface area contributed by atoms with Crippen LogP contribution in [0.15, 0.2) is 24.3 Å². The van der Waals surface area contributed by atoms with E-state index in [0.29, 0.717) is 31.6 Å². The lowest BCUT2D eigenvalue weighted by atomic mass is 10.1. The third-order valence-electron chi connectivity index (χ3n) is 2.68. The molecule has 0 saturated carbocycles. The van der Waals surface area contributed by atoms with Crippen LogP contribution in [0.1, 0.15) is 18.4 Å². The highest BCUT2D eigenvalue weighted by Crippen LogP contribution is 2.17. The summed E-state index contributed by atoms with van der Waals surface area (Å²) < 4.78 is 31.3. The zero-order valence-electron chi connectivity index (χ0n) is 11.1. The molecule has 2 N–H and O–H groups in total. The first-order chi connectivity index (χ1) is 9.09. The maximum atomic E-state index is 11.9. The maximum Gasteiger partial charge on any atom is 0.232 e. The third kappa shape index (κ3) is 6.04. The molecule has 0 aliphatic heterocycles. The Morgan fingerprint density at radius 2 is 2.00 bits per heavy atom. The number of methoxy groups -OCH3 is 1. The molecule has 0 saturated heterocycles. The van der Waals surface area contributed by atoms with Gasteiger partial charge in [0.25, 0.3) is 0 Å². The van der Waals surface area contributed by atoms with Crippen LogP contribution < -0.4 is 4.72 Å². The van der Waals surface area contributed by atoms with Crippen molar-refractivity contribution in [3.05, 3.63) is 29.8 Å². The van der Waals surface area contributed by atoms with Crippen LogP contribution in [0.4, 0.5) is 5.69 Å². The summed E-state index contributed by atoms with van der Waals surface area (Å²) in [4.78, 5) is 0. The summed E-state index contributed by atoms with van der Waals surface area (Å²) in [6.45, 7) is 0.559. The fraction of sp³-hybridized carbons (Fsp3) is 0.538. The van der Waals surface area contributed by atoms with Crippen LogP contribution in [0.2, 0.25) is 0 Å². The van der Waals surface area contributed by atoms with Crippen LogP contribution in [0, 0.1) is 0 Å². The Hall–Kier alpha value is -1.11. The van der Waals surface area contributed by atoms with E-state index in [1.165, 1.54) is 0 Å². The zero-order valence-corrected chi connectivity index (χ0v) is 11.9. The second-order valence-corrected chi connectivity index (χ2v) is 6.09. The lowest BCUT2D eigenvalue weighted by Gasteiger charge is -2.12. The SMILES string of the molecule is COCCc1ccccc1NS(=O)(=O)CCCCO. The molecule has 0 amide bonds. The molecule has 19 heavy (non-hydrogen) atoms. The number of sulfonamides is 1. The van der Waals surface area contributed by atoms with Gasteiger partial charge in [-0.3, -0.25) is 4.72 Å². The second kappa shape index (κ2) is 8.14. The Balaban J connectivity index is 2.69. The zero-order chi connectivity index (χ0) is 14.1. The molecule has 0 spiro atoms. The summed E-state index contributed by atoms with van der Waals surface area (Å²) in [5, 5.41) is 8.66. The van der Waals surface area contributed by atoms with Gasteiger partial charge in [0, 0.05) is 13.7 Å². The average Bonchev–Trinajstić information content (AvgIpc) is 2.37. The number of ether oxygens (including phenoxy) is 1. The van der Waals surface area contributed by atoms with Gasteiger partial charge in [0.1, 0.15) is 0 Å². The summed E-state index contributed by atoms with van der Waals surface area (Å²) in [6, 6.07) is 7.29. The highest BCUT2D eigenvalue weighted by atomic mass is 32.2. The molecule has 1 aromatic rings. The molecule has 1 aromatic carbocycles. The number of hydrogen-bond acceptors (Lipinski definition) is 4. The first-order valence-corrected chi connectivity index (χ1v) is 7.92. The van der Waals surface area contributed by atoms with Gasteiger partial charge in [0.2, 0.25) is 10.0 Å². The number of rotatable bonds is 9. The van der Waals surface area contributed by atoms with Gasteiger partial charge in [-0.1, -0.05) is 18.2 Å². The summed E-state index contributed by atoms with van der Waals surface area (Å²) in [6.07, 6.45) is 1.60. The topological polar surface area (TPSA) is 75.6 Å². The largest absolute Gasteiger partial charge is 0.396 e. The second-order valence-electron chi connectivity index (χ2n) is 4.25. The predicted octanol–water partition coefficient (Wildman–Crippen LogP) is 1.39. The van der Waals surface area contributed by atoms with Crippen molar-refractivity contribution < 1.29 is 18.3 Å². The van der Waals surface area contributed by atoms with Gasteiger partial charge in [-0.15, -0.1) is 0 Å². The highest BCUT2D eigenvalue weighted by Gasteiger charge is 2.12. The molecular formula is C13H21NO4S. The normalized spacial score (nSPS) is 11.5. The van der Waals surface area contributed by atoms with Crippen molar-refractivity contribution in [2.24, 2.45) is 0 Å². The summed E-state index contributed by atoms with van der Waals surface area (Å²) in [5.74, 6) is 0.0200. The van der Waals surface area contributed by atoms with Crippen LogP contribution in [0.3, 0.4) is 0 Å². The molecule has 0 bridgehead atoms. The third-order valence-corrected chi connectivity index (χ3v) is 4.04. The van der Waals surface area contributed by atoms with E-state index in [1.54, 1.807) is 19.2 Å². The molecule has 0 radical (unpaired) electrons. The number of aliphatic hydroxyl groups is 1. The van der Waals surface area contributed by atoms with E-state index in [9.17, 15) is 8.42 Å². The minimum Gasteiger partial charge on any atom is -0.396 e. The van der Waals surface area contributed by atoms with Crippen molar-refractivity contribution in [3.63, 3.8) is 0 Å². The molecule has 1 rings (SSSR count). The predicted molar refractivity (Wildman–Crippen MR) is 75.8 cm³/mol. The van der Waals surface area contributed by atoms with Crippen molar-refractivity contribution in [1.29, 1.82) is 0 Å². The number of unbranched alkanes of at least 4 members (excludes halogenated alkanes) is 1. The van der Waals surface area contributed by atoms with Gasteiger partial charge >= 0.3 is 0 Å². The molecule has 108 valence electrons. The number of anilines is 1. The Labute approximate surface area is 114 Å². The molecule has 0 heterocycles. The summed E-state index contributed by atoms with van der Waals surface area (Å²) >= 11 is 0. The minimum atomic E-state index is -3.36. The van der Waals surface area contributed by atoms with Crippen molar-refractivity contribution in [1.82, 2.24) is 0 Å². The lowest BCUT2D eigenvalue weighted by Crippen LogP contribution is -2.18. The van der Waals surface area contributed by atoms with Gasteiger partial charge < -0.3 is 9.84 Å².